The molecule has 0 unspecified atom stereocenters. The Kier molecular flexibility index (Phi) is 52.0. The zero-order valence-corrected chi connectivity index (χ0v) is 81.4. The minimum Gasteiger partial charge on any atom is -0.569 e. The van der Waals surface area contributed by atoms with Crippen LogP contribution in [-0.4, -0.2) is 116 Å². The van der Waals surface area contributed by atoms with Crippen LogP contribution in [0.1, 0.15) is 22.3 Å². The van der Waals surface area contributed by atoms with E-state index in [-0.39, 0.29) is 0 Å². The molecular weight excluding hydrogens is 2450 g/mol. The van der Waals surface area contributed by atoms with Crippen LogP contribution >= 0.6 is 0 Å². The number of hydrogen-bond donors (Lipinski definition) is 2. The maximum Gasteiger partial charge on any atom is 0.0718 e. The van der Waals surface area contributed by atoms with E-state index < -0.39 is 10.8 Å². The Morgan fingerprint density at radius 1 is 0.264 bits per heavy atom. The van der Waals surface area contributed by atoms with Crippen LogP contribution in [0.3, 0.4) is 0 Å². The quantitative estimate of drug-likeness (QED) is 0.0331. The molecule has 0 heterocycles. The van der Waals surface area contributed by atoms with Crippen molar-refractivity contribution in [2.75, 3.05) is 106 Å². The molecule has 0 saturated heterocycles. The summed E-state index contributed by atoms with van der Waals surface area (Å²) in [5, 5.41) is 13.5. The van der Waals surface area contributed by atoms with Crippen molar-refractivity contribution in [2.24, 2.45) is 10.8 Å². The van der Waals surface area contributed by atoms with Crippen molar-refractivity contribution in [3.05, 3.63) is 186 Å². The van der Waals surface area contributed by atoms with Gasteiger partial charge in [0.05, 0.1) is 117 Å². The van der Waals surface area contributed by atoms with E-state index in [0.29, 0.717) is 132 Å². The molecule has 0 aliphatic heterocycles. The van der Waals surface area contributed by atoms with E-state index in [9.17, 15) is 0 Å². The summed E-state index contributed by atoms with van der Waals surface area (Å²) in [6.07, 6.45) is 0. The van der Waals surface area contributed by atoms with Crippen LogP contribution in [0.5, 0.6) is 0 Å². The first-order valence-electron chi connectivity index (χ1n) is 21.4. The minimum atomic E-state index is -0.498. The molecule has 4 aromatic carbocycles. The summed E-state index contributed by atoms with van der Waals surface area (Å²) in [6.45, 7) is 8.94. The first-order valence-corrected chi connectivity index (χ1v) is 21.4. The fourth-order valence-electron chi connectivity index (χ4n) is 6.05. The van der Waals surface area contributed by atoms with Gasteiger partial charge in [0.1, 0.15) is 0 Å². The van der Waals surface area contributed by atoms with E-state index in [4.69, 9.17) is 67.1 Å². The minimum absolute atomic E-state index is 0. The molecule has 0 aliphatic rings. The molecule has 0 bridgehead atoms. The van der Waals surface area contributed by atoms with Crippen molar-refractivity contribution >= 4 is 0 Å². The second-order valence-electron chi connectivity index (χ2n) is 14.8. The van der Waals surface area contributed by atoms with Gasteiger partial charge in [0, 0.05) is 26.4 Å². The summed E-state index contributed by atoms with van der Waals surface area (Å²) < 4.78 is 66.5. The Morgan fingerprint density at radius 2 is 0.431 bits per heavy atom. The van der Waals surface area contributed by atoms with E-state index in [2.05, 4.69) is 42.7 Å². The van der Waals surface area contributed by atoms with Gasteiger partial charge < -0.3 is 67.1 Å². The van der Waals surface area contributed by atoms with E-state index in [1.54, 1.807) is 0 Å². The number of rotatable bonds is 36. The van der Waals surface area contributed by atoms with Gasteiger partial charge in [-0.2, -0.15) is 0 Å². The van der Waals surface area contributed by atoms with Gasteiger partial charge in [-0.25, -0.2) is 42.7 Å². The van der Waals surface area contributed by atoms with Gasteiger partial charge >= 0.3 is 0 Å². The van der Waals surface area contributed by atoms with Gasteiger partial charge in [0.15, 0.2) is 0 Å². The third-order valence-corrected chi connectivity index (χ3v) is 9.20. The molecule has 0 radical (unpaired) electrons. The summed E-state index contributed by atoms with van der Waals surface area (Å²) in [7, 11) is 18.5. The van der Waals surface area contributed by atoms with Crippen molar-refractivity contribution in [2.45, 2.75) is 26.4 Å². The predicted octanol–water partition coefficient (Wildman–Crippen LogP) is 8.41. The van der Waals surface area contributed by atoms with Gasteiger partial charge in [-0.1, -0.05) is 121 Å². The molecule has 0 fully saturated rings. The maximum atomic E-state index is 6.75. The molecule has 20 heteroatoms. The monoisotopic (exact) mass is 2530 g/mol. The standard InChI is InChI=1S/2C25H34O6.2CH3O.6Rf/c2*1-26-19-25(20-27-2,21-30-15-13-28-17-23-9-5-3-6-10-23)22-31-16-14-29-18-24-11-7-4-8-12-24;2*1-2;;;;;;/h2*3-12H,1-2,13-22H2;2*2H,1H2;;;;;;/q2*-2;2*-1;;;;;;. The predicted molar refractivity (Wildman–Crippen MR) is 252 cm³/mol. The van der Waals surface area contributed by atoms with Crippen LogP contribution in [0.15, 0.2) is 121 Å². The number of ether oxygens (including phenoxy) is 12. The van der Waals surface area contributed by atoms with Crippen LogP contribution < -0.4 is 0 Å². The van der Waals surface area contributed by atoms with Crippen molar-refractivity contribution in [1.29, 1.82) is 0 Å². The molecule has 0 saturated carbocycles. The summed E-state index contributed by atoms with van der Waals surface area (Å²) in [5.74, 6) is 0. The molecule has 2 N–H and O–H groups in total. The first kappa shape index (κ1) is 73.9. The van der Waals surface area contributed by atoms with Crippen molar-refractivity contribution < 1.29 is 67.1 Å². The Labute approximate surface area is 395 Å². The SMILES string of the molecule is [CH2-]O.[CH2-]O.[CH2-]OCC(CO[CH2-])(COCCOCc1ccccc1)COCCOCc1ccccc1.[CH2-]OCC(CO[CH2-])(COCCOCc1ccccc1)COCCOCc1ccccc1.[Rf].[Rf].[Rf].[Rf].[Rf].[Rf]. The first-order chi connectivity index (χ1) is 32.6. The van der Waals surface area contributed by atoms with Crippen LogP contribution in [0.4, 0.5) is 0 Å². The second kappa shape index (κ2) is 50.7. The molecule has 0 aliphatic carbocycles. The van der Waals surface area contributed by atoms with E-state index in [1.807, 2.05) is 121 Å². The summed E-state index contributed by atoms with van der Waals surface area (Å²) >= 11 is 0. The average molecular weight is 2530 g/mol. The van der Waals surface area contributed by atoms with Crippen LogP contribution in [-0.2, 0) is 83.3 Å². The smallest absolute Gasteiger partial charge is 0.0718 e. The van der Waals surface area contributed by atoms with Gasteiger partial charge in [-0.3, -0.25) is 0 Å². The summed E-state index contributed by atoms with van der Waals surface area (Å²) in [4.78, 5) is 0. The zero-order chi connectivity index (χ0) is 48.1. The number of benzene rings is 4. The Hall–Kier alpha value is -9.68. The molecule has 14 nitrogen and oxygen atoms in total. The second-order valence-corrected chi connectivity index (χ2v) is 14.8. The van der Waals surface area contributed by atoms with E-state index in [0.717, 1.165) is 22.3 Å². The molecule has 384 valence electrons. The van der Waals surface area contributed by atoms with E-state index in [1.165, 1.54) is 0 Å². The zero-order valence-electron chi connectivity index (χ0n) is 43.0. The molecule has 0 amide bonds. The molecule has 4 rings (SSSR count). The molecular formula is C52H74O14Rf6-6. The summed E-state index contributed by atoms with van der Waals surface area (Å²) in [6, 6.07) is 40.1. The van der Waals surface area contributed by atoms with Crippen LogP contribution in [0.25, 0.3) is 0 Å². The summed E-state index contributed by atoms with van der Waals surface area (Å²) in [5.41, 5.74) is 3.54. The van der Waals surface area contributed by atoms with Gasteiger partial charge in [0.25, 0.3) is 0 Å². The molecule has 72 heavy (non-hydrogen) atoms. The van der Waals surface area contributed by atoms with Gasteiger partial charge in [0.2, 0.25) is 0 Å². The average Bonchev–Trinajstić information content (AvgIpc) is 3.36. The van der Waals surface area contributed by atoms with Gasteiger partial charge in [-0.15, -0.1) is 0 Å². The number of aliphatic hydroxyl groups is 2. The Bertz CT molecular complexity index is 1360. The molecule has 0 atom stereocenters. The van der Waals surface area contributed by atoms with Crippen LogP contribution in [0.2, 0.25) is 0 Å². The third kappa shape index (κ3) is 34.6. The van der Waals surface area contributed by atoms with Crippen molar-refractivity contribution in [3.8, 4) is 0 Å². The Balaban J connectivity index is -0.000000262. The molecule has 4 aromatic rings. The third-order valence-electron chi connectivity index (χ3n) is 9.20. The number of aliphatic hydroxyl groups excluding tert-OH is 2. The van der Waals surface area contributed by atoms with Gasteiger partial charge in [-0.05, 0) is 22.3 Å². The maximum absolute atomic E-state index is 6.75. The Morgan fingerprint density at radius 3 is 0.597 bits per heavy atom. The molecule has 0 aromatic heterocycles. The van der Waals surface area contributed by atoms with Crippen molar-refractivity contribution in [1.82, 2.24) is 0 Å². The van der Waals surface area contributed by atoms with Crippen LogP contribution in [0, 0.1) is 53.5 Å². The van der Waals surface area contributed by atoms with Crippen molar-refractivity contribution in [3.63, 3.8) is 0 Å². The van der Waals surface area contributed by atoms with E-state index >= 15 is 0 Å². The molecule has 0 spiro atoms. The largest absolute Gasteiger partial charge is 0.569 e. The fraction of sp³-hybridized carbons (Fsp3) is 0.423. The topological polar surface area (TPSA) is 151 Å². The normalized spacial score (nSPS) is 10.2. The fourth-order valence-corrected chi connectivity index (χ4v) is 6.05. The number of hydrogen-bond acceptors (Lipinski definition) is 14.